The van der Waals surface area contributed by atoms with Gasteiger partial charge in [-0.1, -0.05) is 42.5 Å². The van der Waals surface area contributed by atoms with E-state index in [1.165, 1.54) is 0 Å². The van der Waals surface area contributed by atoms with Crippen molar-refractivity contribution in [3.05, 3.63) is 78.2 Å². The van der Waals surface area contributed by atoms with Crippen LogP contribution in [0.4, 0.5) is 5.82 Å². The maximum absolute atomic E-state index is 12.2. The Bertz CT molecular complexity index is 1060. The molecule has 1 fully saturated rings. The number of para-hydroxylation sites is 2. The van der Waals surface area contributed by atoms with Gasteiger partial charge in [-0.05, 0) is 43.9 Å². The minimum Gasteiger partial charge on any atom is -0.490 e. The van der Waals surface area contributed by atoms with Gasteiger partial charge in [-0.2, -0.15) is 0 Å². The summed E-state index contributed by atoms with van der Waals surface area (Å²) in [4.78, 5) is 23.6. The van der Waals surface area contributed by atoms with Crippen molar-refractivity contribution >= 4 is 11.7 Å². The van der Waals surface area contributed by atoms with E-state index in [1.807, 2.05) is 61.5 Å². The third-order valence-electron chi connectivity index (χ3n) is 5.77. The normalized spacial score (nSPS) is 16.8. The van der Waals surface area contributed by atoms with E-state index in [9.17, 15) is 4.79 Å². The highest BCUT2D eigenvalue weighted by Gasteiger charge is 2.26. The van der Waals surface area contributed by atoms with Gasteiger partial charge < -0.3 is 20.1 Å². The molecule has 0 aliphatic carbocycles. The molecule has 1 saturated heterocycles. The van der Waals surface area contributed by atoms with Gasteiger partial charge in [-0.15, -0.1) is 0 Å². The molecule has 2 atom stereocenters. The molecule has 0 bridgehead atoms. The molecule has 2 aromatic carbocycles. The fraction of sp³-hybridized carbons (Fsp3) is 0.346. The van der Waals surface area contributed by atoms with Gasteiger partial charge in [0.2, 0.25) is 5.91 Å². The molecular formula is C26H30N4O3. The molecule has 2 N–H and O–H groups in total. The molecule has 3 aromatic rings. The number of amides is 1. The molecular weight excluding hydrogens is 416 g/mol. The Hall–Kier alpha value is -3.61. The van der Waals surface area contributed by atoms with Gasteiger partial charge in [0.1, 0.15) is 11.9 Å². The van der Waals surface area contributed by atoms with Gasteiger partial charge in [0.05, 0.1) is 31.0 Å². The third kappa shape index (κ3) is 5.80. The lowest BCUT2D eigenvalue weighted by Gasteiger charge is -2.34. The second-order valence-corrected chi connectivity index (χ2v) is 8.15. The molecule has 1 aliphatic heterocycles. The number of carbonyl (C=O) groups excluding carboxylic acids is 1. The first-order valence-electron chi connectivity index (χ1n) is 11.4. The summed E-state index contributed by atoms with van der Waals surface area (Å²) >= 11 is 0. The van der Waals surface area contributed by atoms with Crippen LogP contribution in [0.1, 0.15) is 36.9 Å². The van der Waals surface area contributed by atoms with Gasteiger partial charge >= 0.3 is 0 Å². The topological polar surface area (TPSA) is 90.6 Å². The molecule has 2 heterocycles. The van der Waals surface area contributed by atoms with Crippen molar-refractivity contribution in [2.24, 2.45) is 5.73 Å². The Kier molecular flexibility index (Phi) is 7.40. The van der Waals surface area contributed by atoms with Gasteiger partial charge in [0, 0.05) is 12.7 Å². The lowest BCUT2D eigenvalue weighted by molar-refractivity contribution is -0.119. The number of piperidine rings is 1. The first-order chi connectivity index (χ1) is 16.1. The number of nitrogens with two attached hydrogens (primary N) is 1. The molecule has 0 spiro atoms. The van der Waals surface area contributed by atoms with E-state index in [0.29, 0.717) is 25.3 Å². The van der Waals surface area contributed by atoms with Crippen LogP contribution in [0.15, 0.2) is 67.0 Å². The highest BCUT2D eigenvalue weighted by Crippen LogP contribution is 2.30. The largest absolute Gasteiger partial charge is 0.490 e. The quantitative estimate of drug-likeness (QED) is 0.539. The molecule has 1 amide bonds. The molecule has 0 saturated carbocycles. The zero-order valence-electron chi connectivity index (χ0n) is 18.9. The number of carbonyl (C=O) groups is 1. The number of primary amides is 1. The van der Waals surface area contributed by atoms with Crippen LogP contribution in [-0.4, -0.2) is 41.7 Å². The summed E-state index contributed by atoms with van der Waals surface area (Å²) in [5.41, 5.74) is 7.37. The van der Waals surface area contributed by atoms with Gasteiger partial charge in [0.15, 0.2) is 11.5 Å². The fourth-order valence-corrected chi connectivity index (χ4v) is 4.14. The maximum atomic E-state index is 12.2. The second-order valence-electron chi connectivity index (χ2n) is 8.15. The predicted molar refractivity (Wildman–Crippen MR) is 128 cm³/mol. The van der Waals surface area contributed by atoms with E-state index >= 15 is 0 Å². The monoisotopic (exact) mass is 446 g/mol. The number of anilines is 1. The van der Waals surface area contributed by atoms with Crippen molar-refractivity contribution in [2.45, 2.75) is 38.2 Å². The fourth-order valence-electron chi connectivity index (χ4n) is 4.14. The van der Waals surface area contributed by atoms with E-state index < -0.39 is 11.8 Å². The molecule has 1 aromatic heterocycles. The van der Waals surface area contributed by atoms with Crippen molar-refractivity contribution in [3.8, 4) is 11.5 Å². The van der Waals surface area contributed by atoms with Crippen LogP contribution in [0.5, 0.6) is 11.5 Å². The summed E-state index contributed by atoms with van der Waals surface area (Å²) < 4.78 is 12.0. The molecule has 0 radical (unpaired) electrons. The Balaban J connectivity index is 1.49. The molecule has 172 valence electrons. The van der Waals surface area contributed by atoms with E-state index in [-0.39, 0.29) is 6.10 Å². The number of benzene rings is 2. The Morgan fingerprint density at radius 2 is 1.88 bits per heavy atom. The zero-order valence-corrected chi connectivity index (χ0v) is 18.9. The summed E-state index contributed by atoms with van der Waals surface area (Å²) in [5.74, 6) is 1.30. The van der Waals surface area contributed by atoms with Gasteiger partial charge in [-0.3, -0.25) is 9.78 Å². The van der Waals surface area contributed by atoms with E-state index in [1.54, 1.807) is 12.4 Å². The number of rotatable bonds is 9. The standard InChI is InChI=1S/C26H30N4O3/c1-2-32-23-12-6-7-13-24(23)33-20-11-8-14-30(18-20)25-17-28-16-22(29-25)21(26(27)31)15-19-9-4-3-5-10-19/h3-7,9-10,12-13,16-17,20-21H,2,8,11,14-15,18H2,1H3,(H2,27,31). The summed E-state index contributed by atoms with van der Waals surface area (Å²) in [7, 11) is 0. The Labute approximate surface area is 194 Å². The van der Waals surface area contributed by atoms with E-state index in [2.05, 4.69) is 9.88 Å². The Morgan fingerprint density at radius 3 is 2.64 bits per heavy atom. The predicted octanol–water partition coefficient (Wildman–Crippen LogP) is 3.73. The average molecular weight is 447 g/mol. The molecule has 4 rings (SSSR count). The summed E-state index contributed by atoms with van der Waals surface area (Å²) in [6.07, 6.45) is 5.79. The lowest BCUT2D eigenvalue weighted by atomic mass is 9.96. The Morgan fingerprint density at radius 1 is 1.12 bits per heavy atom. The van der Waals surface area contributed by atoms with Crippen molar-refractivity contribution in [1.82, 2.24) is 9.97 Å². The van der Waals surface area contributed by atoms with Gasteiger partial charge in [0.25, 0.3) is 0 Å². The van der Waals surface area contributed by atoms with Crippen LogP contribution >= 0.6 is 0 Å². The van der Waals surface area contributed by atoms with Crippen molar-refractivity contribution in [2.75, 3.05) is 24.6 Å². The minimum absolute atomic E-state index is 0.00192. The highest BCUT2D eigenvalue weighted by atomic mass is 16.5. The summed E-state index contributed by atoms with van der Waals surface area (Å²) in [6.45, 7) is 4.08. The third-order valence-corrected chi connectivity index (χ3v) is 5.77. The van der Waals surface area contributed by atoms with Gasteiger partial charge in [-0.25, -0.2) is 4.98 Å². The van der Waals surface area contributed by atoms with Crippen LogP contribution in [0.25, 0.3) is 0 Å². The second kappa shape index (κ2) is 10.8. The SMILES string of the molecule is CCOc1ccccc1OC1CCCN(c2cncc(C(Cc3ccccc3)C(N)=O)n2)C1. The smallest absolute Gasteiger partial charge is 0.226 e. The maximum Gasteiger partial charge on any atom is 0.226 e. The number of hydrogen-bond donors (Lipinski definition) is 1. The number of hydrogen-bond acceptors (Lipinski definition) is 6. The molecule has 2 unspecified atom stereocenters. The van der Waals surface area contributed by atoms with Crippen molar-refractivity contribution < 1.29 is 14.3 Å². The van der Waals surface area contributed by atoms with Crippen LogP contribution < -0.4 is 20.1 Å². The summed E-state index contributed by atoms with van der Waals surface area (Å²) in [5, 5.41) is 0. The van der Waals surface area contributed by atoms with E-state index in [4.69, 9.17) is 20.2 Å². The van der Waals surface area contributed by atoms with E-state index in [0.717, 1.165) is 42.3 Å². The van der Waals surface area contributed by atoms with Crippen LogP contribution in [0.3, 0.4) is 0 Å². The van der Waals surface area contributed by atoms with Crippen LogP contribution in [0, 0.1) is 0 Å². The van der Waals surface area contributed by atoms with Crippen LogP contribution in [0.2, 0.25) is 0 Å². The van der Waals surface area contributed by atoms with Crippen molar-refractivity contribution in [3.63, 3.8) is 0 Å². The number of ether oxygens (including phenoxy) is 2. The lowest BCUT2D eigenvalue weighted by Crippen LogP contribution is -2.42. The molecule has 7 nitrogen and oxygen atoms in total. The molecule has 33 heavy (non-hydrogen) atoms. The minimum atomic E-state index is -0.533. The average Bonchev–Trinajstić information content (AvgIpc) is 2.85. The first-order valence-corrected chi connectivity index (χ1v) is 11.4. The molecule has 1 aliphatic rings. The highest BCUT2D eigenvalue weighted by molar-refractivity contribution is 5.81. The summed E-state index contributed by atoms with van der Waals surface area (Å²) in [6, 6.07) is 17.6. The molecule has 7 heteroatoms. The zero-order chi connectivity index (χ0) is 23.0. The number of nitrogens with zero attached hydrogens (tertiary/aromatic N) is 3. The first kappa shape index (κ1) is 22.6. The van der Waals surface area contributed by atoms with Crippen LogP contribution in [-0.2, 0) is 11.2 Å². The van der Waals surface area contributed by atoms with Crippen molar-refractivity contribution in [1.29, 1.82) is 0 Å². The number of aromatic nitrogens is 2.